The van der Waals surface area contributed by atoms with Crippen molar-refractivity contribution in [3.05, 3.63) is 36.5 Å². The standard InChI is InChI=1S/C58H106O6/c1-4-7-10-13-16-19-22-25-27-29-30-32-33-36-39-42-45-48-51-57(60)63-54-55(53-62-56(59)50-47-44-41-38-35-24-21-18-15-12-9-6-3)64-58(61)52-49-46-43-40-37-34-31-28-26-23-20-17-14-11-8-5-2/h19,22,27-29,31,55H,4-18,20-21,23-26,30,32-54H2,1-3H3/b22-19-,29-27-,31-28-. The molecule has 0 aromatic heterocycles. The highest BCUT2D eigenvalue weighted by Crippen LogP contribution is 2.16. The molecular weight excluding hydrogens is 793 g/mol. The lowest BCUT2D eigenvalue weighted by Crippen LogP contribution is -2.30. The van der Waals surface area contributed by atoms with E-state index in [0.29, 0.717) is 19.3 Å². The zero-order chi connectivity index (χ0) is 46.5. The number of esters is 3. The van der Waals surface area contributed by atoms with Gasteiger partial charge in [0, 0.05) is 19.3 Å². The van der Waals surface area contributed by atoms with Gasteiger partial charge >= 0.3 is 17.9 Å². The maximum Gasteiger partial charge on any atom is 0.306 e. The minimum Gasteiger partial charge on any atom is -0.462 e. The summed E-state index contributed by atoms with van der Waals surface area (Å²) in [6, 6.07) is 0. The Morgan fingerprint density at radius 3 is 0.891 bits per heavy atom. The van der Waals surface area contributed by atoms with E-state index in [1.807, 2.05) is 0 Å². The van der Waals surface area contributed by atoms with E-state index in [1.54, 1.807) is 0 Å². The van der Waals surface area contributed by atoms with Crippen LogP contribution < -0.4 is 0 Å². The molecule has 0 spiro atoms. The molecule has 0 bridgehead atoms. The smallest absolute Gasteiger partial charge is 0.306 e. The SMILES string of the molecule is CCCCCC/C=C\C/C=C\CCCCCCCCCC(=O)OCC(COC(=O)CCCCCCCCCCCCCC)OC(=O)CCCCCCC/C=C\CCCCCCCCC. The Hall–Kier alpha value is -2.37. The summed E-state index contributed by atoms with van der Waals surface area (Å²) < 4.78 is 16.8. The van der Waals surface area contributed by atoms with Crippen molar-refractivity contribution in [2.24, 2.45) is 0 Å². The molecule has 0 aliphatic carbocycles. The number of ether oxygens (including phenoxy) is 3. The molecule has 0 saturated heterocycles. The molecule has 0 amide bonds. The van der Waals surface area contributed by atoms with Gasteiger partial charge in [-0.05, 0) is 77.0 Å². The van der Waals surface area contributed by atoms with Gasteiger partial charge in [-0.1, -0.05) is 237 Å². The number of hydrogen-bond acceptors (Lipinski definition) is 6. The fourth-order valence-corrected chi connectivity index (χ4v) is 8.12. The largest absolute Gasteiger partial charge is 0.462 e. The van der Waals surface area contributed by atoms with Gasteiger partial charge in [0.25, 0.3) is 0 Å². The first kappa shape index (κ1) is 61.6. The molecule has 0 aromatic rings. The van der Waals surface area contributed by atoms with Gasteiger partial charge in [-0.3, -0.25) is 14.4 Å². The zero-order valence-corrected chi connectivity index (χ0v) is 42.8. The van der Waals surface area contributed by atoms with Crippen LogP contribution in [-0.4, -0.2) is 37.2 Å². The van der Waals surface area contributed by atoms with Crippen molar-refractivity contribution >= 4 is 17.9 Å². The predicted octanol–water partition coefficient (Wildman–Crippen LogP) is 18.5. The van der Waals surface area contributed by atoms with Crippen molar-refractivity contribution in [2.45, 2.75) is 303 Å². The average molecular weight is 899 g/mol. The van der Waals surface area contributed by atoms with Crippen LogP contribution in [0.3, 0.4) is 0 Å². The Balaban J connectivity index is 4.35. The van der Waals surface area contributed by atoms with Crippen LogP contribution in [0.1, 0.15) is 297 Å². The van der Waals surface area contributed by atoms with E-state index in [2.05, 4.69) is 57.2 Å². The summed E-state index contributed by atoms with van der Waals surface area (Å²) in [6.45, 7) is 6.63. The van der Waals surface area contributed by atoms with Gasteiger partial charge in [-0.15, -0.1) is 0 Å². The molecular formula is C58H106O6. The fourth-order valence-electron chi connectivity index (χ4n) is 8.12. The van der Waals surface area contributed by atoms with Gasteiger partial charge in [0.05, 0.1) is 0 Å². The molecule has 0 heterocycles. The molecule has 374 valence electrons. The molecule has 0 radical (unpaired) electrons. The second-order valence-electron chi connectivity index (χ2n) is 18.8. The van der Waals surface area contributed by atoms with Gasteiger partial charge in [0.2, 0.25) is 0 Å². The normalized spacial score (nSPS) is 12.2. The Kier molecular flexibility index (Phi) is 51.3. The van der Waals surface area contributed by atoms with E-state index in [1.165, 1.54) is 180 Å². The third-order valence-electron chi connectivity index (χ3n) is 12.4. The second-order valence-corrected chi connectivity index (χ2v) is 18.8. The molecule has 0 fully saturated rings. The van der Waals surface area contributed by atoms with Gasteiger partial charge in [0.15, 0.2) is 6.10 Å². The molecule has 0 saturated carbocycles. The summed E-state index contributed by atoms with van der Waals surface area (Å²) in [4.78, 5) is 38.1. The Morgan fingerprint density at radius 1 is 0.312 bits per heavy atom. The molecule has 1 unspecified atom stereocenters. The molecule has 1 atom stereocenters. The molecule has 0 N–H and O–H groups in total. The first-order valence-electron chi connectivity index (χ1n) is 28.0. The van der Waals surface area contributed by atoms with E-state index in [0.717, 1.165) is 77.0 Å². The Morgan fingerprint density at radius 2 is 0.562 bits per heavy atom. The zero-order valence-electron chi connectivity index (χ0n) is 42.8. The Labute approximate surface area is 397 Å². The maximum absolute atomic E-state index is 12.8. The van der Waals surface area contributed by atoms with Gasteiger partial charge in [-0.25, -0.2) is 0 Å². The van der Waals surface area contributed by atoms with Gasteiger partial charge < -0.3 is 14.2 Å². The van der Waals surface area contributed by atoms with Crippen LogP contribution in [0, 0.1) is 0 Å². The second kappa shape index (κ2) is 53.2. The van der Waals surface area contributed by atoms with Crippen molar-refractivity contribution < 1.29 is 28.6 Å². The van der Waals surface area contributed by atoms with Gasteiger partial charge in [0.1, 0.15) is 13.2 Å². The minimum atomic E-state index is -0.776. The molecule has 6 nitrogen and oxygen atoms in total. The van der Waals surface area contributed by atoms with Crippen molar-refractivity contribution in [2.75, 3.05) is 13.2 Å². The number of unbranched alkanes of at least 4 members (excludes halogenated alkanes) is 34. The van der Waals surface area contributed by atoms with E-state index in [9.17, 15) is 14.4 Å². The van der Waals surface area contributed by atoms with Crippen molar-refractivity contribution in [1.29, 1.82) is 0 Å². The molecule has 6 heteroatoms. The van der Waals surface area contributed by atoms with Gasteiger partial charge in [-0.2, -0.15) is 0 Å². The van der Waals surface area contributed by atoms with Crippen LogP contribution >= 0.6 is 0 Å². The quantitative estimate of drug-likeness (QED) is 0.0262. The predicted molar refractivity (Wildman–Crippen MR) is 275 cm³/mol. The average Bonchev–Trinajstić information content (AvgIpc) is 3.29. The summed E-state index contributed by atoms with van der Waals surface area (Å²) in [5.41, 5.74) is 0. The fraction of sp³-hybridized carbons (Fsp3) is 0.845. The summed E-state index contributed by atoms with van der Waals surface area (Å²) in [5, 5.41) is 0. The molecule has 0 aliphatic heterocycles. The lowest BCUT2D eigenvalue weighted by Gasteiger charge is -2.18. The summed E-state index contributed by atoms with van der Waals surface area (Å²) in [7, 11) is 0. The van der Waals surface area contributed by atoms with Crippen LogP contribution in [0.15, 0.2) is 36.5 Å². The van der Waals surface area contributed by atoms with E-state index in [-0.39, 0.29) is 31.1 Å². The molecule has 0 aliphatic rings. The molecule has 0 aromatic carbocycles. The summed E-state index contributed by atoms with van der Waals surface area (Å²) >= 11 is 0. The maximum atomic E-state index is 12.8. The number of carbonyl (C=O) groups excluding carboxylic acids is 3. The number of allylic oxidation sites excluding steroid dienone is 6. The van der Waals surface area contributed by atoms with Crippen molar-refractivity contribution in [3.8, 4) is 0 Å². The van der Waals surface area contributed by atoms with Crippen LogP contribution in [0.5, 0.6) is 0 Å². The van der Waals surface area contributed by atoms with E-state index >= 15 is 0 Å². The summed E-state index contributed by atoms with van der Waals surface area (Å²) in [5.74, 6) is -0.877. The third kappa shape index (κ3) is 50.6. The number of carbonyl (C=O) groups is 3. The molecule has 0 rings (SSSR count). The van der Waals surface area contributed by atoms with Crippen LogP contribution in [0.25, 0.3) is 0 Å². The first-order valence-corrected chi connectivity index (χ1v) is 28.0. The van der Waals surface area contributed by atoms with E-state index < -0.39 is 6.10 Å². The van der Waals surface area contributed by atoms with Crippen LogP contribution in [0.4, 0.5) is 0 Å². The highest BCUT2D eigenvalue weighted by Gasteiger charge is 2.19. The highest BCUT2D eigenvalue weighted by molar-refractivity contribution is 5.71. The van der Waals surface area contributed by atoms with Crippen LogP contribution in [0.2, 0.25) is 0 Å². The van der Waals surface area contributed by atoms with E-state index in [4.69, 9.17) is 14.2 Å². The Bertz CT molecular complexity index is 1080. The lowest BCUT2D eigenvalue weighted by atomic mass is 10.0. The number of hydrogen-bond donors (Lipinski definition) is 0. The number of rotatable bonds is 51. The van der Waals surface area contributed by atoms with Crippen molar-refractivity contribution in [1.82, 2.24) is 0 Å². The summed E-state index contributed by atoms with van der Waals surface area (Å²) in [6.07, 6.45) is 62.7. The topological polar surface area (TPSA) is 78.9 Å². The first-order chi connectivity index (χ1) is 31.5. The van der Waals surface area contributed by atoms with Crippen LogP contribution in [-0.2, 0) is 28.6 Å². The highest BCUT2D eigenvalue weighted by atomic mass is 16.6. The lowest BCUT2D eigenvalue weighted by molar-refractivity contribution is -0.167. The van der Waals surface area contributed by atoms with Crippen molar-refractivity contribution in [3.63, 3.8) is 0 Å². The minimum absolute atomic E-state index is 0.0748. The monoisotopic (exact) mass is 899 g/mol. The molecule has 64 heavy (non-hydrogen) atoms. The third-order valence-corrected chi connectivity index (χ3v) is 12.4.